The molecule has 1 amide bonds. The summed E-state index contributed by atoms with van der Waals surface area (Å²) in [5.41, 5.74) is 2.63. The van der Waals surface area contributed by atoms with Crippen LogP contribution >= 0.6 is 11.3 Å². The van der Waals surface area contributed by atoms with Crippen molar-refractivity contribution in [3.63, 3.8) is 0 Å². The molecule has 9 heteroatoms. The predicted octanol–water partition coefficient (Wildman–Crippen LogP) is 7.18. The van der Waals surface area contributed by atoms with E-state index in [1.165, 1.54) is 23.5 Å². The third-order valence-electron chi connectivity index (χ3n) is 5.63. The van der Waals surface area contributed by atoms with Gasteiger partial charge < -0.3 is 15.2 Å². The van der Waals surface area contributed by atoms with Gasteiger partial charge in [0.05, 0.1) is 16.9 Å². The zero-order valence-electron chi connectivity index (χ0n) is 20.2. The van der Waals surface area contributed by atoms with Crippen LogP contribution < -0.4 is 10.1 Å². The number of carbonyl (C=O) groups is 2. The number of hydrogen-bond acceptors (Lipinski definition) is 4. The van der Waals surface area contributed by atoms with Gasteiger partial charge in [0.15, 0.2) is 0 Å². The quantitative estimate of drug-likeness (QED) is 0.298. The number of aryl methyl sites for hydroxylation is 2. The van der Waals surface area contributed by atoms with Crippen LogP contribution in [-0.2, 0) is 11.0 Å². The van der Waals surface area contributed by atoms with Crippen LogP contribution in [0, 0.1) is 13.8 Å². The second-order valence-electron chi connectivity index (χ2n) is 8.50. The second-order valence-corrected chi connectivity index (χ2v) is 9.62. The van der Waals surface area contributed by atoms with E-state index in [1.54, 1.807) is 6.07 Å². The minimum atomic E-state index is -4.38. The fraction of sp³-hybridized carbons (Fsp3) is 0.333. The normalized spacial score (nSPS) is 12.3. The standard InChI is InChI=1S/C27H28F3NO4S/c1-4-5-21(22-10-11-23(36-22)26(34)31-13-12-24(32)33)35-20-14-16(2)25(17(3)15-20)18-6-8-19(9-7-18)27(28,29)30/h6-11,14-15,21H,4-5,12-13H2,1-3H3,(H,31,34)(H,32,33)/t21-/m1/s1. The summed E-state index contributed by atoms with van der Waals surface area (Å²) in [5.74, 6) is -0.663. The Balaban J connectivity index is 1.78. The molecule has 2 aromatic carbocycles. The van der Waals surface area contributed by atoms with E-state index < -0.39 is 17.7 Å². The molecule has 0 saturated heterocycles. The summed E-state index contributed by atoms with van der Waals surface area (Å²) < 4.78 is 45.1. The van der Waals surface area contributed by atoms with E-state index in [0.29, 0.717) is 16.2 Å². The topological polar surface area (TPSA) is 75.6 Å². The molecule has 3 rings (SSSR count). The van der Waals surface area contributed by atoms with Gasteiger partial charge in [-0.15, -0.1) is 11.3 Å². The first-order chi connectivity index (χ1) is 17.0. The fourth-order valence-corrected chi connectivity index (χ4v) is 4.97. The smallest absolute Gasteiger partial charge is 0.416 e. The molecule has 0 unspecified atom stereocenters. The average Bonchev–Trinajstić information content (AvgIpc) is 3.28. The Morgan fingerprint density at radius 3 is 2.25 bits per heavy atom. The van der Waals surface area contributed by atoms with Crippen molar-refractivity contribution >= 4 is 23.2 Å². The Kier molecular flexibility index (Phi) is 8.79. The van der Waals surface area contributed by atoms with Crippen molar-refractivity contribution in [2.45, 2.75) is 52.3 Å². The first kappa shape index (κ1) is 27.3. The maximum absolute atomic E-state index is 12.9. The largest absolute Gasteiger partial charge is 0.485 e. The van der Waals surface area contributed by atoms with E-state index in [0.717, 1.165) is 46.5 Å². The number of alkyl halides is 3. The van der Waals surface area contributed by atoms with Crippen molar-refractivity contribution in [3.05, 3.63) is 75.0 Å². The van der Waals surface area contributed by atoms with E-state index in [-0.39, 0.29) is 25.0 Å². The maximum atomic E-state index is 12.9. The monoisotopic (exact) mass is 519 g/mol. The molecular formula is C27H28F3NO4S. The van der Waals surface area contributed by atoms with Gasteiger partial charge in [-0.05, 0) is 78.9 Å². The molecule has 0 aliphatic heterocycles. The third-order valence-corrected chi connectivity index (χ3v) is 6.80. The Bertz CT molecular complexity index is 1200. The van der Waals surface area contributed by atoms with Gasteiger partial charge in [-0.1, -0.05) is 25.5 Å². The van der Waals surface area contributed by atoms with E-state index in [9.17, 15) is 22.8 Å². The molecule has 1 aromatic heterocycles. The van der Waals surface area contributed by atoms with Crippen LogP contribution in [0.15, 0.2) is 48.5 Å². The Labute approximate surface area is 211 Å². The molecule has 0 aliphatic carbocycles. The molecule has 1 heterocycles. The van der Waals surface area contributed by atoms with Crippen LogP contribution in [0.25, 0.3) is 11.1 Å². The summed E-state index contributed by atoms with van der Waals surface area (Å²) in [4.78, 5) is 24.3. The van der Waals surface area contributed by atoms with Crippen LogP contribution in [0.1, 0.15) is 63.5 Å². The maximum Gasteiger partial charge on any atom is 0.416 e. The fourth-order valence-electron chi connectivity index (χ4n) is 3.98. The zero-order chi connectivity index (χ0) is 26.5. The highest BCUT2D eigenvalue weighted by Crippen LogP contribution is 2.37. The van der Waals surface area contributed by atoms with Crippen molar-refractivity contribution in [1.82, 2.24) is 5.32 Å². The van der Waals surface area contributed by atoms with Gasteiger partial charge in [0.25, 0.3) is 5.91 Å². The molecule has 0 spiro atoms. The number of ether oxygens (including phenoxy) is 1. The van der Waals surface area contributed by atoms with Crippen molar-refractivity contribution in [1.29, 1.82) is 0 Å². The number of nitrogens with one attached hydrogen (secondary N) is 1. The molecule has 2 N–H and O–H groups in total. The number of amides is 1. The van der Waals surface area contributed by atoms with Gasteiger partial charge >= 0.3 is 12.1 Å². The highest BCUT2D eigenvalue weighted by molar-refractivity contribution is 7.14. The SMILES string of the molecule is CCC[C@@H](Oc1cc(C)c(-c2ccc(C(F)(F)F)cc2)c(C)c1)c1ccc(C(=O)NCCC(=O)O)s1. The molecule has 0 aliphatic rings. The lowest BCUT2D eigenvalue weighted by Gasteiger charge is -2.20. The number of carbonyl (C=O) groups excluding carboxylic acids is 1. The summed E-state index contributed by atoms with van der Waals surface area (Å²) in [5, 5.41) is 11.3. The van der Waals surface area contributed by atoms with Crippen LogP contribution in [0.3, 0.4) is 0 Å². The van der Waals surface area contributed by atoms with E-state index in [2.05, 4.69) is 5.32 Å². The van der Waals surface area contributed by atoms with E-state index >= 15 is 0 Å². The Hall–Kier alpha value is -3.33. The lowest BCUT2D eigenvalue weighted by molar-refractivity contribution is -0.138. The molecular weight excluding hydrogens is 491 g/mol. The summed E-state index contributed by atoms with van der Waals surface area (Å²) in [7, 11) is 0. The van der Waals surface area contributed by atoms with Crippen molar-refractivity contribution in [2.24, 2.45) is 0 Å². The van der Waals surface area contributed by atoms with Crippen LogP contribution in [0.5, 0.6) is 5.75 Å². The lowest BCUT2D eigenvalue weighted by Crippen LogP contribution is -2.25. The first-order valence-corrected chi connectivity index (χ1v) is 12.4. The highest BCUT2D eigenvalue weighted by atomic mass is 32.1. The Morgan fingerprint density at radius 2 is 1.69 bits per heavy atom. The molecule has 36 heavy (non-hydrogen) atoms. The molecule has 5 nitrogen and oxygen atoms in total. The average molecular weight is 520 g/mol. The molecule has 192 valence electrons. The van der Waals surface area contributed by atoms with Gasteiger partial charge in [-0.3, -0.25) is 9.59 Å². The number of thiophene rings is 1. The van der Waals surface area contributed by atoms with Crippen molar-refractivity contribution in [3.8, 4) is 16.9 Å². The minimum Gasteiger partial charge on any atom is -0.485 e. The summed E-state index contributed by atoms with van der Waals surface area (Å²) >= 11 is 1.30. The molecule has 0 fully saturated rings. The van der Waals surface area contributed by atoms with Crippen molar-refractivity contribution in [2.75, 3.05) is 6.54 Å². The van der Waals surface area contributed by atoms with Crippen LogP contribution in [-0.4, -0.2) is 23.5 Å². The number of benzene rings is 2. The number of rotatable bonds is 10. The molecule has 0 radical (unpaired) electrons. The number of carboxylic acids is 1. The zero-order valence-corrected chi connectivity index (χ0v) is 21.1. The number of halogens is 3. The molecule has 1 atom stereocenters. The van der Waals surface area contributed by atoms with Gasteiger partial charge in [0.2, 0.25) is 0 Å². The number of carboxylic acid groups (broad SMARTS) is 1. The van der Waals surface area contributed by atoms with Gasteiger partial charge in [0.1, 0.15) is 11.9 Å². The summed E-state index contributed by atoms with van der Waals surface area (Å²) in [6.07, 6.45) is -3.23. The number of hydrogen-bond donors (Lipinski definition) is 2. The minimum absolute atomic E-state index is 0.0557. The second kappa shape index (κ2) is 11.6. The summed E-state index contributed by atoms with van der Waals surface area (Å²) in [6, 6.07) is 12.4. The highest BCUT2D eigenvalue weighted by Gasteiger charge is 2.30. The van der Waals surface area contributed by atoms with Crippen molar-refractivity contribution < 1.29 is 32.6 Å². The van der Waals surface area contributed by atoms with Crippen LogP contribution in [0.2, 0.25) is 0 Å². The van der Waals surface area contributed by atoms with Gasteiger partial charge in [-0.2, -0.15) is 13.2 Å². The Morgan fingerprint density at radius 1 is 1.06 bits per heavy atom. The van der Waals surface area contributed by atoms with E-state index in [4.69, 9.17) is 9.84 Å². The summed E-state index contributed by atoms with van der Waals surface area (Å²) in [6.45, 7) is 5.88. The predicted molar refractivity (Wildman–Crippen MR) is 134 cm³/mol. The molecule has 0 saturated carbocycles. The lowest BCUT2D eigenvalue weighted by atomic mass is 9.94. The first-order valence-electron chi connectivity index (χ1n) is 11.5. The third kappa shape index (κ3) is 6.87. The van der Waals surface area contributed by atoms with Crippen LogP contribution in [0.4, 0.5) is 13.2 Å². The van der Waals surface area contributed by atoms with Gasteiger partial charge in [0, 0.05) is 11.4 Å². The van der Waals surface area contributed by atoms with E-state index in [1.807, 2.05) is 39.0 Å². The van der Waals surface area contributed by atoms with Gasteiger partial charge in [-0.25, -0.2) is 0 Å². The molecule has 3 aromatic rings. The number of aliphatic carboxylic acids is 1. The molecule has 0 bridgehead atoms.